The van der Waals surface area contributed by atoms with E-state index in [2.05, 4.69) is 4.98 Å². The van der Waals surface area contributed by atoms with Gasteiger partial charge < -0.3 is 5.11 Å². The van der Waals surface area contributed by atoms with E-state index in [0.29, 0.717) is 0 Å². The van der Waals surface area contributed by atoms with Crippen molar-refractivity contribution in [3.8, 4) is 11.3 Å². The van der Waals surface area contributed by atoms with E-state index in [1.165, 1.54) is 0 Å². The van der Waals surface area contributed by atoms with Crippen LogP contribution in [-0.2, 0) is 11.2 Å². The van der Waals surface area contributed by atoms with Crippen molar-refractivity contribution in [3.63, 3.8) is 0 Å². The topological polar surface area (TPSA) is 50.2 Å². The van der Waals surface area contributed by atoms with Crippen LogP contribution in [0, 0.1) is 13.8 Å². The Morgan fingerprint density at radius 3 is 2.67 bits per heavy atom. The molecule has 0 atom stereocenters. The van der Waals surface area contributed by atoms with Gasteiger partial charge in [0.25, 0.3) is 0 Å². The number of pyridine rings is 1. The third-order valence-electron chi connectivity index (χ3n) is 2.93. The predicted octanol–water partition coefficient (Wildman–Crippen LogP) is 2.99. The van der Waals surface area contributed by atoms with Crippen LogP contribution in [0.5, 0.6) is 0 Å². The smallest absolute Gasteiger partial charge is 0.307 e. The van der Waals surface area contributed by atoms with Gasteiger partial charge >= 0.3 is 5.97 Å². The van der Waals surface area contributed by atoms with E-state index in [1.54, 1.807) is 0 Å². The molecule has 2 aromatic rings. The SMILES string of the molecule is Cc1ccc(-c2cccc(CC(=O)O)c2)nc1C. The number of rotatable bonds is 3. The van der Waals surface area contributed by atoms with Crippen LogP contribution in [-0.4, -0.2) is 16.1 Å². The Morgan fingerprint density at radius 1 is 1.22 bits per heavy atom. The number of aliphatic carboxylic acids is 1. The Labute approximate surface area is 106 Å². The van der Waals surface area contributed by atoms with Crippen LogP contribution in [0.2, 0.25) is 0 Å². The first-order valence-electron chi connectivity index (χ1n) is 5.81. The van der Waals surface area contributed by atoms with Crippen LogP contribution in [0.1, 0.15) is 16.8 Å². The fraction of sp³-hybridized carbons (Fsp3) is 0.200. The van der Waals surface area contributed by atoms with E-state index in [9.17, 15) is 4.79 Å². The second kappa shape index (κ2) is 5.00. The van der Waals surface area contributed by atoms with Gasteiger partial charge in [-0.25, -0.2) is 0 Å². The second-order valence-electron chi connectivity index (χ2n) is 4.37. The molecule has 0 bridgehead atoms. The zero-order valence-electron chi connectivity index (χ0n) is 10.5. The molecule has 0 saturated carbocycles. The fourth-order valence-electron chi connectivity index (χ4n) is 1.81. The minimum atomic E-state index is -0.819. The average Bonchev–Trinajstić information content (AvgIpc) is 2.32. The molecule has 1 aromatic carbocycles. The number of hydrogen-bond acceptors (Lipinski definition) is 2. The maximum Gasteiger partial charge on any atom is 0.307 e. The number of aromatic nitrogens is 1. The molecule has 0 saturated heterocycles. The van der Waals surface area contributed by atoms with Gasteiger partial charge in [-0.2, -0.15) is 0 Å². The van der Waals surface area contributed by atoms with E-state index in [0.717, 1.165) is 28.1 Å². The molecule has 92 valence electrons. The molecule has 0 aliphatic heterocycles. The van der Waals surface area contributed by atoms with Crippen LogP contribution >= 0.6 is 0 Å². The van der Waals surface area contributed by atoms with E-state index >= 15 is 0 Å². The summed E-state index contributed by atoms with van der Waals surface area (Å²) in [5, 5.41) is 8.79. The summed E-state index contributed by atoms with van der Waals surface area (Å²) in [5.74, 6) is -0.819. The van der Waals surface area contributed by atoms with Gasteiger partial charge in [0.2, 0.25) is 0 Å². The molecule has 0 aliphatic carbocycles. The molecule has 3 heteroatoms. The van der Waals surface area contributed by atoms with E-state index < -0.39 is 5.97 Å². The lowest BCUT2D eigenvalue weighted by atomic mass is 10.0. The molecule has 18 heavy (non-hydrogen) atoms. The Morgan fingerprint density at radius 2 is 2.00 bits per heavy atom. The van der Waals surface area contributed by atoms with Crippen molar-refractivity contribution in [2.24, 2.45) is 0 Å². The third kappa shape index (κ3) is 2.74. The van der Waals surface area contributed by atoms with Crippen LogP contribution < -0.4 is 0 Å². The largest absolute Gasteiger partial charge is 0.481 e. The van der Waals surface area contributed by atoms with Crippen LogP contribution in [0.15, 0.2) is 36.4 Å². The molecule has 0 amide bonds. The average molecular weight is 241 g/mol. The van der Waals surface area contributed by atoms with Crippen LogP contribution in [0.25, 0.3) is 11.3 Å². The van der Waals surface area contributed by atoms with Crippen molar-refractivity contribution in [1.29, 1.82) is 0 Å². The van der Waals surface area contributed by atoms with Gasteiger partial charge in [0, 0.05) is 11.3 Å². The minimum absolute atomic E-state index is 0.0404. The fourth-order valence-corrected chi connectivity index (χ4v) is 1.81. The standard InChI is InChI=1S/C15H15NO2/c1-10-6-7-14(16-11(10)2)13-5-3-4-12(8-13)9-15(17)18/h3-8H,9H2,1-2H3,(H,17,18). The van der Waals surface area contributed by atoms with Gasteiger partial charge in [-0.1, -0.05) is 24.3 Å². The lowest BCUT2D eigenvalue weighted by molar-refractivity contribution is -0.136. The molecule has 0 radical (unpaired) electrons. The van der Waals surface area contributed by atoms with Crippen LogP contribution in [0.4, 0.5) is 0 Å². The number of nitrogens with zero attached hydrogens (tertiary/aromatic N) is 1. The quantitative estimate of drug-likeness (QED) is 0.898. The van der Waals surface area contributed by atoms with Crippen molar-refractivity contribution in [2.45, 2.75) is 20.3 Å². The molecule has 1 aromatic heterocycles. The highest BCUT2D eigenvalue weighted by atomic mass is 16.4. The van der Waals surface area contributed by atoms with Gasteiger partial charge in [0.05, 0.1) is 12.1 Å². The summed E-state index contributed by atoms with van der Waals surface area (Å²) in [6, 6.07) is 11.5. The van der Waals surface area contributed by atoms with E-state index in [-0.39, 0.29) is 6.42 Å². The maximum atomic E-state index is 10.7. The maximum absolute atomic E-state index is 10.7. The van der Waals surface area contributed by atoms with Crippen molar-refractivity contribution >= 4 is 5.97 Å². The number of hydrogen-bond donors (Lipinski definition) is 1. The number of carbonyl (C=O) groups is 1. The molecule has 1 N–H and O–H groups in total. The Balaban J connectivity index is 2.38. The number of carboxylic acid groups (broad SMARTS) is 1. The normalized spacial score (nSPS) is 10.3. The summed E-state index contributed by atoms with van der Waals surface area (Å²) >= 11 is 0. The zero-order valence-corrected chi connectivity index (χ0v) is 10.5. The first-order chi connectivity index (χ1) is 8.56. The Bertz CT molecular complexity index is 591. The van der Waals surface area contributed by atoms with E-state index in [1.807, 2.05) is 50.2 Å². The lowest BCUT2D eigenvalue weighted by Gasteiger charge is -2.06. The van der Waals surface area contributed by atoms with Gasteiger partial charge in [-0.05, 0) is 37.1 Å². The molecule has 0 fully saturated rings. The summed E-state index contributed by atoms with van der Waals surface area (Å²) in [6.45, 7) is 3.99. The highest BCUT2D eigenvalue weighted by molar-refractivity contribution is 5.71. The van der Waals surface area contributed by atoms with Gasteiger partial charge in [-0.15, -0.1) is 0 Å². The minimum Gasteiger partial charge on any atom is -0.481 e. The van der Waals surface area contributed by atoms with Crippen molar-refractivity contribution in [3.05, 3.63) is 53.2 Å². The molecule has 1 heterocycles. The first kappa shape index (κ1) is 12.3. The monoisotopic (exact) mass is 241 g/mol. The third-order valence-corrected chi connectivity index (χ3v) is 2.93. The molecular formula is C15H15NO2. The van der Waals surface area contributed by atoms with Crippen LogP contribution in [0.3, 0.4) is 0 Å². The van der Waals surface area contributed by atoms with Gasteiger partial charge in [0.1, 0.15) is 0 Å². The summed E-state index contributed by atoms with van der Waals surface area (Å²) in [6.07, 6.45) is 0.0404. The molecular weight excluding hydrogens is 226 g/mol. The summed E-state index contributed by atoms with van der Waals surface area (Å²) in [4.78, 5) is 15.2. The highest BCUT2D eigenvalue weighted by Gasteiger charge is 2.05. The van der Waals surface area contributed by atoms with E-state index in [4.69, 9.17) is 5.11 Å². The molecule has 0 spiro atoms. The van der Waals surface area contributed by atoms with Gasteiger partial charge in [-0.3, -0.25) is 9.78 Å². The first-order valence-corrected chi connectivity index (χ1v) is 5.81. The lowest BCUT2D eigenvalue weighted by Crippen LogP contribution is -2.00. The highest BCUT2D eigenvalue weighted by Crippen LogP contribution is 2.20. The van der Waals surface area contributed by atoms with Crippen molar-refractivity contribution in [2.75, 3.05) is 0 Å². The number of aryl methyl sites for hydroxylation is 2. The summed E-state index contributed by atoms with van der Waals surface area (Å²) in [7, 11) is 0. The molecule has 0 aliphatic rings. The van der Waals surface area contributed by atoms with Crippen molar-refractivity contribution < 1.29 is 9.90 Å². The predicted molar refractivity (Wildman–Crippen MR) is 70.5 cm³/mol. The summed E-state index contributed by atoms with van der Waals surface area (Å²) < 4.78 is 0. The zero-order chi connectivity index (χ0) is 13.1. The summed E-state index contributed by atoms with van der Waals surface area (Å²) in [5.41, 5.74) is 4.78. The number of benzene rings is 1. The molecule has 3 nitrogen and oxygen atoms in total. The van der Waals surface area contributed by atoms with Gasteiger partial charge in [0.15, 0.2) is 0 Å². The number of carboxylic acids is 1. The molecule has 0 unspecified atom stereocenters. The Kier molecular flexibility index (Phi) is 3.42. The molecule has 2 rings (SSSR count). The Hall–Kier alpha value is -2.16. The van der Waals surface area contributed by atoms with Crippen molar-refractivity contribution in [1.82, 2.24) is 4.98 Å². The second-order valence-corrected chi connectivity index (χ2v) is 4.37.